The lowest BCUT2D eigenvalue weighted by Gasteiger charge is -2.32. The van der Waals surface area contributed by atoms with Crippen molar-refractivity contribution in [1.29, 1.82) is 0 Å². The molecule has 1 aliphatic heterocycles. The molecule has 112 valence electrons. The van der Waals surface area contributed by atoms with Crippen LogP contribution in [-0.2, 0) is 4.79 Å². The van der Waals surface area contributed by atoms with Crippen molar-refractivity contribution in [2.24, 2.45) is 0 Å². The van der Waals surface area contributed by atoms with Crippen molar-refractivity contribution in [2.75, 3.05) is 13.1 Å². The van der Waals surface area contributed by atoms with Gasteiger partial charge in [0.2, 0.25) is 0 Å². The predicted octanol–water partition coefficient (Wildman–Crippen LogP) is 2.62. The molecular formula is C15H17FN2O3. The molecule has 1 aliphatic rings. The lowest BCUT2D eigenvalue weighted by molar-refractivity contribution is -0.143. The Morgan fingerprint density at radius 1 is 1.48 bits per heavy atom. The van der Waals surface area contributed by atoms with Gasteiger partial charge < -0.3 is 9.52 Å². The molecule has 1 aromatic carbocycles. The quantitative estimate of drug-likeness (QED) is 0.942. The molecule has 3 rings (SSSR count). The van der Waals surface area contributed by atoms with E-state index in [1.807, 2.05) is 4.90 Å². The average molecular weight is 292 g/mol. The van der Waals surface area contributed by atoms with Crippen molar-refractivity contribution < 1.29 is 18.7 Å². The number of hydrogen-bond acceptors (Lipinski definition) is 4. The summed E-state index contributed by atoms with van der Waals surface area (Å²) in [7, 11) is 0. The van der Waals surface area contributed by atoms with Gasteiger partial charge >= 0.3 is 5.97 Å². The Morgan fingerprint density at radius 3 is 2.86 bits per heavy atom. The van der Waals surface area contributed by atoms with Crippen LogP contribution in [0.15, 0.2) is 22.6 Å². The average Bonchev–Trinajstić information content (AvgIpc) is 2.89. The molecular weight excluding hydrogens is 275 g/mol. The van der Waals surface area contributed by atoms with Crippen LogP contribution >= 0.6 is 0 Å². The van der Waals surface area contributed by atoms with Crippen LogP contribution in [0.4, 0.5) is 4.39 Å². The number of carboxylic acid groups (broad SMARTS) is 1. The number of fused-ring (bicyclic) bond motifs is 1. The summed E-state index contributed by atoms with van der Waals surface area (Å²) < 4.78 is 18.9. The Balaban J connectivity index is 1.72. The number of likely N-dealkylation sites (tertiary alicyclic amines) is 1. The highest BCUT2D eigenvalue weighted by atomic mass is 19.1. The minimum Gasteiger partial charge on any atom is -0.480 e. The fraction of sp³-hybridized carbons (Fsp3) is 0.467. The number of rotatable bonds is 3. The van der Waals surface area contributed by atoms with E-state index < -0.39 is 12.0 Å². The third-order valence-corrected chi connectivity index (χ3v) is 4.15. The summed E-state index contributed by atoms with van der Waals surface area (Å²) in [6.45, 7) is 3.10. The number of halogens is 1. The normalized spacial score (nSPS) is 19.0. The first-order valence-electron chi connectivity index (χ1n) is 7.07. The molecule has 1 fully saturated rings. The summed E-state index contributed by atoms with van der Waals surface area (Å²) in [5.41, 5.74) is 1.12. The second kappa shape index (κ2) is 5.44. The van der Waals surface area contributed by atoms with Crippen LogP contribution in [0.3, 0.4) is 0 Å². The van der Waals surface area contributed by atoms with Gasteiger partial charge in [-0.3, -0.25) is 9.69 Å². The van der Waals surface area contributed by atoms with Crippen molar-refractivity contribution in [3.8, 4) is 0 Å². The van der Waals surface area contributed by atoms with E-state index in [1.165, 1.54) is 12.1 Å². The Morgan fingerprint density at radius 2 is 2.19 bits per heavy atom. The summed E-state index contributed by atoms with van der Waals surface area (Å²) in [6, 6.07) is 3.84. The smallest absolute Gasteiger partial charge is 0.320 e. The van der Waals surface area contributed by atoms with Gasteiger partial charge in [0.05, 0.1) is 0 Å². The van der Waals surface area contributed by atoms with Gasteiger partial charge in [0.1, 0.15) is 17.4 Å². The Labute approximate surface area is 121 Å². The maximum Gasteiger partial charge on any atom is 0.320 e. The van der Waals surface area contributed by atoms with Gasteiger partial charge in [-0.1, -0.05) is 0 Å². The van der Waals surface area contributed by atoms with Crippen molar-refractivity contribution >= 4 is 17.1 Å². The number of hydrogen-bond donors (Lipinski definition) is 1. The summed E-state index contributed by atoms with van der Waals surface area (Å²) in [5, 5.41) is 9.03. The molecule has 0 radical (unpaired) electrons. The number of aliphatic carboxylic acids is 1. The number of aromatic nitrogens is 1. The third-order valence-electron chi connectivity index (χ3n) is 4.15. The summed E-state index contributed by atoms with van der Waals surface area (Å²) in [4.78, 5) is 17.3. The Kier molecular flexibility index (Phi) is 3.63. The first-order chi connectivity index (χ1) is 10.0. The summed E-state index contributed by atoms with van der Waals surface area (Å²) >= 11 is 0. The van der Waals surface area contributed by atoms with Crippen molar-refractivity contribution in [2.45, 2.75) is 31.7 Å². The second-order valence-corrected chi connectivity index (χ2v) is 5.49. The van der Waals surface area contributed by atoms with E-state index in [-0.39, 0.29) is 11.7 Å². The molecule has 0 amide bonds. The van der Waals surface area contributed by atoms with Gasteiger partial charge in [0.15, 0.2) is 11.5 Å². The number of benzene rings is 1. The first kappa shape index (κ1) is 14.0. The zero-order chi connectivity index (χ0) is 15.0. The standard InChI is InChI=1S/C15H17FN2O3/c1-9(15(19)20)18-6-4-10(5-7-18)14-17-12-8-11(16)2-3-13(12)21-14/h2-3,8-10H,4-7H2,1H3,(H,19,20). The van der Waals surface area contributed by atoms with Crippen LogP contribution < -0.4 is 0 Å². The van der Waals surface area contributed by atoms with E-state index in [0.29, 0.717) is 30.1 Å². The topological polar surface area (TPSA) is 66.6 Å². The minimum atomic E-state index is -0.800. The van der Waals surface area contributed by atoms with Crippen LogP contribution in [0.25, 0.3) is 11.1 Å². The summed E-state index contributed by atoms with van der Waals surface area (Å²) in [5.74, 6) is -0.339. The molecule has 0 aliphatic carbocycles. The molecule has 21 heavy (non-hydrogen) atoms. The highest BCUT2D eigenvalue weighted by Gasteiger charge is 2.29. The number of oxazole rings is 1. The van der Waals surface area contributed by atoms with Gasteiger partial charge in [-0.05, 0) is 45.0 Å². The van der Waals surface area contributed by atoms with E-state index in [2.05, 4.69) is 4.98 Å². The molecule has 1 atom stereocenters. The summed E-state index contributed by atoms with van der Waals surface area (Å²) in [6.07, 6.45) is 1.60. The van der Waals surface area contributed by atoms with Gasteiger partial charge in [0.25, 0.3) is 0 Å². The van der Waals surface area contributed by atoms with Crippen LogP contribution in [0.1, 0.15) is 31.6 Å². The molecule has 1 aromatic heterocycles. The number of nitrogens with zero attached hydrogens (tertiary/aromatic N) is 2. The van der Waals surface area contributed by atoms with Crippen LogP contribution in [0.5, 0.6) is 0 Å². The molecule has 2 aromatic rings. The van der Waals surface area contributed by atoms with Gasteiger partial charge in [-0.2, -0.15) is 0 Å². The maximum atomic E-state index is 13.2. The lowest BCUT2D eigenvalue weighted by Crippen LogP contribution is -2.43. The molecule has 0 saturated carbocycles. The largest absolute Gasteiger partial charge is 0.480 e. The zero-order valence-corrected chi connectivity index (χ0v) is 11.8. The Hall–Kier alpha value is -1.95. The maximum absolute atomic E-state index is 13.2. The van der Waals surface area contributed by atoms with Crippen molar-refractivity contribution in [3.63, 3.8) is 0 Å². The predicted molar refractivity (Wildman–Crippen MR) is 74.6 cm³/mol. The molecule has 0 spiro atoms. The molecule has 2 heterocycles. The van der Waals surface area contributed by atoms with Gasteiger partial charge in [-0.15, -0.1) is 0 Å². The molecule has 6 heteroatoms. The van der Waals surface area contributed by atoms with E-state index in [4.69, 9.17) is 9.52 Å². The van der Waals surface area contributed by atoms with E-state index >= 15 is 0 Å². The van der Waals surface area contributed by atoms with E-state index in [0.717, 1.165) is 12.8 Å². The lowest BCUT2D eigenvalue weighted by atomic mass is 9.96. The first-order valence-corrected chi connectivity index (χ1v) is 7.07. The minimum absolute atomic E-state index is 0.165. The molecule has 0 bridgehead atoms. The van der Waals surface area contributed by atoms with E-state index in [9.17, 15) is 9.18 Å². The highest BCUT2D eigenvalue weighted by molar-refractivity contribution is 5.73. The fourth-order valence-electron chi connectivity index (χ4n) is 2.78. The molecule has 1 N–H and O–H groups in total. The number of carbonyl (C=O) groups is 1. The van der Waals surface area contributed by atoms with Crippen molar-refractivity contribution in [3.05, 3.63) is 29.9 Å². The van der Waals surface area contributed by atoms with Crippen LogP contribution in [-0.4, -0.2) is 40.1 Å². The van der Waals surface area contributed by atoms with Crippen LogP contribution in [0.2, 0.25) is 0 Å². The molecule has 5 nitrogen and oxygen atoms in total. The molecule has 1 saturated heterocycles. The number of carboxylic acids is 1. The number of piperidine rings is 1. The SMILES string of the molecule is CC(C(=O)O)N1CCC(c2nc3cc(F)ccc3o2)CC1. The molecule has 1 unspecified atom stereocenters. The third kappa shape index (κ3) is 2.76. The van der Waals surface area contributed by atoms with E-state index in [1.54, 1.807) is 13.0 Å². The zero-order valence-electron chi connectivity index (χ0n) is 11.8. The fourth-order valence-corrected chi connectivity index (χ4v) is 2.78. The van der Waals surface area contributed by atoms with Gasteiger partial charge in [-0.25, -0.2) is 9.37 Å². The van der Waals surface area contributed by atoms with Gasteiger partial charge in [0, 0.05) is 12.0 Å². The highest BCUT2D eigenvalue weighted by Crippen LogP contribution is 2.30. The monoisotopic (exact) mass is 292 g/mol. The van der Waals surface area contributed by atoms with Crippen molar-refractivity contribution in [1.82, 2.24) is 9.88 Å². The van der Waals surface area contributed by atoms with Crippen LogP contribution in [0, 0.1) is 5.82 Å². The second-order valence-electron chi connectivity index (χ2n) is 5.49. The Bertz CT molecular complexity index is 662.